The van der Waals surface area contributed by atoms with Crippen LogP contribution in [-0.2, 0) is 0 Å². The summed E-state index contributed by atoms with van der Waals surface area (Å²) in [5.41, 5.74) is 3.92. The van der Waals surface area contributed by atoms with Crippen molar-refractivity contribution >= 4 is 5.91 Å². The van der Waals surface area contributed by atoms with E-state index in [1.165, 1.54) is 0 Å². The molecule has 1 aliphatic rings. The second kappa shape index (κ2) is 6.81. The second-order valence-electron chi connectivity index (χ2n) is 6.83. The van der Waals surface area contributed by atoms with Crippen molar-refractivity contribution in [3.63, 3.8) is 0 Å². The van der Waals surface area contributed by atoms with Crippen LogP contribution in [0.1, 0.15) is 41.5 Å². The van der Waals surface area contributed by atoms with Gasteiger partial charge in [0.05, 0.1) is 11.7 Å². The van der Waals surface area contributed by atoms with Gasteiger partial charge in [-0.15, -0.1) is 0 Å². The maximum atomic E-state index is 12.9. The average molecular weight is 326 g/mol. The summed E-state index contributed by atoms with van der Waals surface area (Å²) in [6.45, 7) is 7.34. The zero-order valence-corrected chi connectivity index (χ0v) is 14.7. The van der Waals surface area contributed by atoms with Crippen LogP contribution in [0.3, 0.4) is 0 Å². The first-order valence-electron chi connectivity index (χ1n) is 8.70. The molecule has 128 valence electrons. The lowest BCUT2D eigenvalue weighted by molar-refractivity contribution is 0.0521. The van der Waals surface area contributed by atoms with Crippen molar-refractivity contribution < 1.29 is 9.90 Å². The summed E-state index contributed by atoms with van der Waals surface area (Å²) in [4.78, 5) is 14.9. The monoisotopic (exact) mass is 326 g/mol. The Bertz CT molecular complexity index is 711. The van der Waals surface area contributed by atoms with Crippen LogP contribution in [-0.4, -0.2) is 39.7 Å². The summed E-state index contributed by atoms with van der Waals surface area (Å²) in [6, 6.07) is 12.1. The number of piperidine rings is 1. The molecule has 1 fully saturated rings. The molecule has 1 N–H and O–H groups in total. The van der Waals surface area contributed by atoms with Crippen molar-refractivity contribution in [2.24, 2.45) is 5.92 Å². The molecule has 1 unspecified atom stereocenters. The lowest BCUT2D eigenvalue weighted by Crippen LogP contribution is -2.40. The molecule has 1 aromatic carbocycles. The van der Waals surface area contributed by atoms with Gasteiger partial charge in [-0.1, -0.05) is 18.2 Å². The van der Waals surface area contributed by atoms with E-state index < -0.39 is 0 Å². The molecular weight excluding hydrogens is 300 g/mol. The summed E-state index contributed by atoms with van der Waals surface area (Å²) in [7, 11) is 0. The molecule has 0 bridgehead atoms. The number of aromatic nitrogens is 1. The molecule has 1 saturated heterocycles. The van der Waals surface area contributed by atoms with E-state index >= 15 is 0 Å². The van der Waals surface area contributed by atoms with E-state index in [0.717, 1.165) is 48.6 Å². The number of carbonyl (C=O) groups excluding carboxylic acids is 1. The summed E-state index contributed by atoms with van der Waals surface area (Å²) >= 11 is 0. The zero-order valence-electron chi connectivity index (χ0n) is 14.7. The largest absolute Gasteiger partial charge is 0.393 e. The van der Waals surface area contributed by atoms with Gasteiger partial charge in [0.2, 0.25) is 0 Å². The van der Waals surface area contributed by atoms with Crippen molar-refractivity contribution in [2.45, 2.75) is 39.7 Å². The molecule has 0 aliphatic carbocycles. The number of aliphatic hydroxyl groups excluding tert-OH is 1. The highest BCUT2D eigenvalue weighted by molar-refractivity contribution is 5.96. The molecule has 1 atom stereocenters. The first-order valence-corrected chi connectivity index (χ1v) is 8.70. The van der Waals surface area contributed by atoms with Gasteiger partial charge >= 0.3 is 0 Å². The van der Waals surface area contributed by atoms with Crippen molar-refractivity contribution in [3.05, 3.63) is 53.3 Å². The molecule has 1 aromatic heterocycles. The van der Waals surface area contributed by atoms with Gasteiger partial charge in [0.25, 0.3) is 5.91 Å². The van der Waals surface area contributed by atoms with E-state index in [4.69, 9.17) is 0 Å². The number of aryl methyl sites for hydroxylation is 1. The number of hydrogen-bond donors (Lipinski definition) is 1. The molecule has 0 spiro atoms. The van der Waals surface area contributed by atoms with E-state index in [2.05, 4.69) is 16.7 Å². The highest BCUT2D eigenvalue weighted by Gasteiger charge is 2.28. The predicted octanol–water partition coefficient (Wildman–Crippen LogP) is 3.33. The highest BCUT2D eigenvalue weighted by atomic mass is 16.3. The minimum Gasteiger partial charge on any atom is -0.393 e. The number of benzene rings is 1. The van der Waals surface area contributed by atoms with Crippen LogP contribution >= 0.6 is 0 Å². The van der Waals surface area contributed by atoms with Crippen molar-refractivity contribution in [2.75, 3.05) is 13.1 Å². The van der Waals surface area contributed by atoms with E-state index in [0.29, 0.717) is 5.92 Å². The number of aliphatic hydroxyl groups is 1. The third-order valence-corrected chi connectivity index (χ3v) is 5.18. The Hall–Kier alpha value is -2.07. The Morgan fingerprint density at radius 3 is 2.38 bits per heavy atom. The summed E-state index contributed by atoms with van der Waals surface area (Å²) in [6.07, 6.45) is 1.46. The quantitative estimate of drug-likeness (QED) is 0.940. The fourth-order valence-corrected chi connectivity index (χ4v) is 3.71. The molecule has 4 heteroatoms. The van der Waals surface area contributed by atoms with Gasteiger partial charge in [0.15, 0.2) is 0 Å². The minimum atomic E-state index is -0.287. The summed E-state index contributed by atoms with van der Waals surface area (Å²) < 4.78 is 2.13. The van der Waals surface area contributed by atoms with Crippen LogP contribution in [0.25, 0.3) is 5.69 Å². The summed E-state index contributed by atoms with van der Waals surface area (Å²) in [5.74, 6) is 0.417. The number of nitrogens with zero attached hydrogens (tertiary/aromatic N) is 2. The maximum Gasteiger partial charge on any atom is 0.255 e. The van der Waals surface area contributed by atoms with Crippen LogP contribution in [0.5, 0.6) is 0 Å². The number of rotatable bonds is 3. The number of para-hydroxylation sites is 1. The fourth-order valence-electron chi connectivity index (χ4n) is 3.71. The molecule has 1 aliphatic heterocycles. The van der Waals surface area contributed by atoms with Crippen LogP contribution in [0.2, 0.25) is 0 Å². The topological polar surface area (TPSA) is 45.5 Å². The van der Waals surface area contributed by atoms with E-state index in [1.54, 1.807) is 0 Å². The molecule has 2 heterocycles. The normalized spacial score (nSPS) is 17.1. The summed E-state index contributed by atoms with van der Waals surface area (Å²) in [5, 5.41) is 9.72. The molecule has 3 rings (SSSR count). The van der Waals surface area contributed by atoms with Gasteiger partial charge in [-0.05, 0) is 57.7 Å². The van der Waals surface area contributed by atoms with Crippen molar-refractivity contribution in [3.8, 4) is 5.69 Å². The van der Waals surface area contributed by atoms with Crippen LogP contribution in [0.4, 0.5) is 0 Å². The molecule has 1 amide bonds. The maximum absolute atomic E-state index is 12.9. The molecular formula is C20H26N2O2. The average Bonchev–Trinajstić information content (AvgIpc) is 2.89. The first kappa shape index (κ1) is 16.8. The van der Waals surface area contributed by atoms with E-state index in [9.17, 15) is 9.90 Å². The van der Waals surface area contributed by atoms with Gasteiger partial charge in [0, 0.05) is 30.2 Å². The lowest BCUT2D eigenvalue weighted by atomic mass is 9.92. The highest BCUT2D eigenvalue weighted by Crippen LogP contribution is 2.25. The van der Waals surface area contributed by atoms with Crippen molar-refractivity contribution in [1.29, 1.82) is 0 Å². The van der Waals surface area contributed by atoms with Gasteiger partial charge in [-0.25, -0.2) is 0 Å². The first-order chi connectivity index (χ1) is 11.5. The standard InChI is InChI=1S/C20H26N2O2/c1-14-13-19(15(2)22(14)18-7-5-4-6-8-18)20(24)21-11-9-17(10-12-21)16(3)23/h4-8,13,16-17,23H,9-12H2,1-3H3. The minimum absolute atomic E-state index is 0.106. The Morgan fingerprint density at radius 1 is 1.17 bits per heavy atom. The molecule has 0 radical (unpaired) electrons. The number of hydrogen-bond acceptors (Lipinski definition) is 2. The van der Waals surface area contributed by atoms with E-state index in [1.807, 2.05) is 49.9 Å². The fraction of sp³-hybridized carbons (Fsp3) is 0.450. The Labute approximate surface area is 143 Å². The SMILES string of the molecule is Cc1cc(C(=O)N2CCC(C(C)O)CC2)c(C)n1-c1ccccc1. The molecule has 24 heavy (non-hydrogen) atoms. The molecule has 0 saturated carbocycles. The Kier molecular flexibility index (Phi) is 4.76. The molecule has 2 aromatic rings. The number of likely N-dealkylation sites (tertiary alicyclic amines) is 1. The van der Waals surface area contributed by atoms with Crippen LogP contribution < -0.4 is 0 Å². The third-order valence-electron chi connectivity index (χ3n) is 5.18. The predicted molar refractivity (Wildman–Crippen MR) is 95.6 cm³/mol. The number of carbonyl (C=O) groups is 1. The van der Waals surface area contributed by atoms with Gasteiger partial charge in [-0.2, -0.15) is 0 Å². The van der Waals surface area contributed by atoms with Crippen LogP contribution in [0.15, 0.2) is 36.4 Å². The Morgan fingerprint density at radius 2 is 1.79 bits per heavy atom. The smallest absolute Gasteiger partial charge is 0.255 e. The van der Waals surface area contributed by atoms with Gasteiger partial charge in [0.1, 0.15) is 0 Å². The molecule has 4 nitrogen and oxygen atoms in total. The number of amides is 1. The van der Waals surface area contributed by atoms with Crippen molar-refractivity contribution in [1.82, 2.24) is 9.47 Å². The lowest BCUT2D eigenvalue weighted by Gasteiger charge is -2.33. The van der Waals surface area contributed by atoms with Crippen LogP contribution in [0, 0.1) is 19.8 Å². The second-order valence-corrected chi connectivity index (χ2v) is 6.83. The van der Waals surface area contributed by atoms with Gasteiger partial charge < -0.3 is 14.6 Å². The zero-order chi connectivity index (χ0) is 17.3. The van der Waals surface area contributed by atoms with E-state index in [-0.39, 0.29) is 12.0 Å². The Balaban J connectivity index is 1.82. The van der Waals surface area contributed by atoms with Gasteiger partial charge in [-0.3, -0.25) is 4.79 Å². The third kappa shape index (κ3) is 3.11.